The molecule has 0 aromatic carbocycles. The number of hydrazine groups is 1. The second kappa shape index (κ2) is 6.36. The van der Waals surface area contributed by atoms with Crippen LogP contribution in [0.5, 0.6) is 0 Å². The molecule has 7 nitrogen and oxygen atoms in total. The number of carbonyl (C=O) groups is 1. The average Bonchev–Trinajstić information content (AvgIpc) is 2.96. The van der Waals surface area contributed by atoms with Gasteiger partial charge < -0.3 is 14.4 Å². The van der Waals surface area contributed by atoms with Crippen LogP contribution in [0.25, 0.3) is 0 Å². The summed E-state index contributed by atoms with van der Waals surface area (Å²) in [5.41, 5.74) is 2.55. The number of nitrogen functional groups attached to an aromatic ring is 1. The topological polar surface area (TPSA) is 95.0 Å². The maximum atomic E-state index is 11.6. The van der Waals surface area contributed by atoms with E-state index in [2.05, 4.69) is 15.2 Å². The minimum atomic E-state index is -0.363. The van der Waals surface area contributed by atoms with E-state index >= 15 is 0 Å². The van der Waals surface area contributed by atoms with Gasteiger partial charge in [-0.3, -0.25) is 15.1 Å². The number of nitrogens with one attached hydrogen (secondary N) is 1. The van der Waals surface area contributed by atoms with Crippen LogP contribution in [-0.4, -0.2) is 60.1 Å². The number of furan rings is 1. The van der Waals surface area contributed by atoms with Crippen LogP contribution in [0.3, 0.4) is 0 Å². The Morgan fingerprint density at radius 3 is 3.05 bits per heavy atom. The summed E-state index contributed by atoms with van der Waals surface area (Å²) >= 11 is 0. The minimum absolute atomic E-state index is 0.249. The summed E-state index contributed by atoms with van der Waals surface area (Å²) in [6.45, 7) is 1.93. The summed E-state index contributed by atoms with van der Waals surface area (Å²) in [7, 11) is 4.01. The van der Waals surface area contributed by atoms with Gasteiger partial charge in [0, 0.05) is 19.1 Å². The first-order chi connectivity index (χ1) is 9.51. The number of nitrogens with two attached hydrogens (primary N) is 1. The van der Waals surface area contributed by atoms with E-state index in [-0.39, 0.29) is 18.1 Å². The molecule has 0 saturated carbocycles. The van der Waals surface area contributed by atoms with Crippen molar-refractivity contribution in [1.29, 1.82) is 0 Å². The maximum absolute atomic E-state index is 11.6. The fraction of sp³-hybridized carbons (Fsp3) is 0.615. The zero-order valence-electron chi connectivity index (χ0n) is 11.9. The molecule has 2 atom stereocenters. The Hall–Kier alpha value is -1.41. The molecule has 1 aliphatic heterocycles. The highest BCUT2D eigenvalue weighted by atomic mass is 16.3. The third-order valence-corrected chi connectivity index (χ3v) is 3.55. The van der Waals surface area contributed by atoms with Crippen molar-refractivity contribution in [3.8, 4) is 0 Å². The van der Waals surface area contributed by atoms with Gasteiger partial charge in [0.2, 0.25) is 0 Å². The number of amides is 1. The normalized spacial score (nSPS) is 23.4. The van der Waals surface area contributed by atoms with E-state index in [9.17, 15) is 9.90 Å². The lowest BCUT2D eigenvalue weighted by molar-refractivity contribution is 0.0948. The van der Waals surface area contributed by atoms with E-state index in [1.165, 1.54) is 6.26 Å². The van der Waals surface area contributed by atoms with Crippen molar-refractivity contribution in [1.82, 2.24) is 15.2 Å². The number of carbonyl (C=O) groups excluding carboxylic acids is 1. The molecule has 1 aromatic rings. The molecule has 1 aliphatic rings. The van der Waals surface area contributed by atoms with Crippen LogP contribution in [-0.2, 0) is 6.54 Å². The molecule has 4 N–H and O–H groups in total. The molecule has 1 amide bonds. The van der Waals surface area contributed by atoms with E-state index in [1.807, 2.05) is 14.1 Å². The Bertz CT molecular complexity index is 460. The number of hydrogen-bond donors (Lipinski definition) is 3. The first-order valence-corrected chi connectivity index (χ1v) is 6.65. The SMILES string of the molecule is CN(C)CC1CC(O)CN1Cc1occc1C(=O)NN. The van der Waals surface area contributed by atoms with E-state index < -0.39 is 0 Å². The van der Waals surface area contributed by atoms with Crippen LogP contribution in [0.15, 0.2) is 16.7 Å². The second-order valence-corrected chi connectivity index (χ2v) is 5.47. The molecule has 7 heteroatoms. The van der Waals surface area contributed by atoms with Crippen molar-refractivity contribution in [2.24, 2.45) is 5.84 Å². The summed E-state index contributed by atoms with van der Waals surface area (Å²) in [4.78, 5) is 15.8. The molecule has 112 valence electrons. The predicted molar refractivity (Wildman–Crippen MR) is 73.7 cm³/mol. The molecule has 20 heavy (non-hydrogen) atoms. The lowest BCUT2D eigenvalue weighted by Gasteiger charge is -2.26. The molecule has 0 radical (unpaired) electrons. The average molecular weight is 282 g/mol. The second-order valence-electron chi connectivity index (χ2n) is 5.47. The van der Waals surface area contributed by atoms with Gasteiger partial charge in [0.15, 0.2) is 0 Å². The zero-order valence-corrected chi connectivity index (χ0v) is 11.9. The first kappa shape index (κ1) is 15.0. The van der Waals surface area contributed by atoms with Crippen molar-refractivity contribution in [2.75, 3.05) is 27.2 Å². The lowest BCUT2D eigenvalue weighted by Crippen LogP contribution is -2.37. The van der Waals surface area contributed by atoms with Crippen molar-refractivity contribution >= 4 is 5.91 Å². The van der Waals surface area contributed by atoms with Gasteiger partial charge in [-0.2, -0.15) is 0 Å². The van der Waals surface area contributed by atoms with Gasteiger partial charge in [-0.25, -0.2) is 5.84 Å². The Balaban J connectivity index is 2.08. The molecule has 0 spiro atoms. The van der Waals surface area contributed by atoms with Crippen LogP contribution in [0, 0.1) is 0 Å². The van der Waals surface area contributed by atoms with E-state index in [0.717, 1.165) is 13.0 Å². The molecule has 1 aromatic heterocycles. The number of likely N-dealkylation sites (N-methyl/N-ethyl adjacent to an activating group) is 1. The molecular formula is C13H22N4O3. The number of hydrogen-bond acceptors (Lipinski definition) is 6. The van der Waals surface area contributed by atoms with Gasteiger partial charge in [-0.05, 0) is 26.6 Å². The fourth-order valence-corrected chi connectivity index (χ4v) is 2.69. The maximum Gasteiger partial charge on any atom is 0.268 e. The first-order valence-electron chi connectivity index (χ1n) is 6.65. The molecule has 2 heterocycles. The van der Waals surface area contributed by atoms with Crippen LogP contribution in [0.2, 0.25) is 0 Å². The molecule has 1 fully saturated rings. The number of aliphatic hydroxyl groups is 1. The summed E-state index contributed by atoms with van der Waals surface area (Å²) in [5, 5.41) is 9.85. The predicted octanol–water partition coefficient (Wildman–Crippen LogP) is -0.620. The number of rotatable bonds is 5. The zero-order chi connectivity index (χ0) is 14.7. The summed E-state index contributed by atoms with van der Waals surface area (Å²) in [5.74, 6) is 5.37. The van der Waals surface area contributed by atoms with Crippen molar-refractivity contribution < 1.29 is 14.3 Å². The van der Waals surface area contributed by atoms with Gasteiger partial charge in [0.1, 0.15) is 5.76 Å². The Morgan fingerprint density at radius 1 is 1.65 bits per heavy atom. The Labute approximate surface area is 118 Å². The van der Waals surface area contributed by atoms with Crippen LogP contribution in [0.4, 0.5) is 0 Å². The Kier molecular flexibility index (Phi) is 4.77. The highest BCUT2D eigenvalue weighted by Gasteiger charge is 2.32. The molecule has 2 unspecified atom stereocenters. The molecule has 0 aliphatic carbocycles. The number of β-amino-alcohol motifs (C(OH)–C–C–N with tert-alkyl or cyclic N) is 1. The van der Waals surface area contributed by atoms with Crippen molar-refractivity contribution in [3.63, 3.8) is 0 Å². The quantitative estimate of drug-likeness (QED) is 0.378. The lowest BCUT2D eigenvalue weighted by atomic mass is 10.2. The van der Waals surface area contributed by atoms with Crippen LogP contribution >= 0.6 is 0 Å². The van der Waals surface area contributed by atoms with E-state index in [1.54, 1.807) is 6.07 Å². The van der Waals surface area contributed by atoms with Crippen molar-refractivity contribution in [3.05, 3.63) is 23.7 Å². The smallest absolute Gasteiger partial charge is 0.268 e. The highest BCUT2D eigenvalue weighted by Crippen LogP contribution is 2.23. The van der Waals surface area contributed by atoms with Gasteiger partial charge in [-0.15, -0.1) is 0 Å². The summed E-state index contributed by atoms with van der Waals surface area (Å²) in [6.07, 6.45) is 1.88. The third kappa shape index (κ3) is 3.37. The Morgan fingerprint density at radius 2 is 2.40 bits per heavy atom. The highest BCUT2D eigenvalue weighted by molar-refractivity contribution is 5.94. The fourth-order valence-electron chi connectivity index (χ4n) is 2.69. The summed E-state index contributed by atoms with van der Waals surface area (Å²) < 4.78 is 5.38. The van der Waals surface area contributed by atoms with Crippen molar-refractivity contribution in [2.45, 2.75) is 25.1 Å². The summed E-state index contributed by atoms with van der Waals surface area (Å²) in [6, 6.07) is 1.85. The number of aliphatic hydroxyl groups excluding tert-OH is 1. The monoisotopic (exact) mass is 282 g/mol. The van der Waals surface area contributed by atoms with E-state index in [0.29, 0.717) is 24.4 Å². The van der Waals surface area contributed by atoms with Gasteiger partial charge in [0.05, 0.1) is 24.5 Å². The third-order valence-electron chi connectivity index (χ3n) is 3.55. The van der Waals surface area contributed by atoms with Gasteiger partial charge in [-0.1, -0.05) is 0 Å². The molecular weight excluding hydrogens is 260 g/mol. The van der Waals surface area contributed by atoms with Crippen LogP contribution < -0.4 is 11.3 Å². The van der Waals surface area contributed by atoms with E-state index in [4.69, 9.17) is 10.3 Å². The molecule has 0 bridgehead atoms. The molecule has 1 saturated heterocycles. The molecule has 2 rings (SSSR count). The number of nitrogens with zero attached hydrogens (tertiary/aromatic N) is 2. The standard InChI is InChI=1S/C13H22N4O3/c1-16(2)6-9-5-10(18)7-17(9)8-12-11(3-4-20-12)13(19)15-14/h3-4,9-10,18H,5-8,14H2,1-2H3,(H,15,19). The van der Waals surface area contributed by atoms with Crippen LogP contribution in [0.1, 0.15) is 22.5 Å². The van der Waals surface area contributed by atoms with Gasteiger partial charge in [0.25, 0.3) is 5.91 Å². The van der Waals surface area contributed by atoms with Gasteiger partial charge >= 0.3 is 0 Å². The minimum Gasteiger partial charge on any atom is -0.467 e. The number of likely N-dealkylation sites (tertiary alicyclic amines) is 1. The largest absolute Gasteiger partial charge is 0.467 e.